The van der Waals surface area contributed by atoms with Gasteiger partial charge < -0.3 is 14.4 Å². The second-order valence-electron chi connectivity index (χ2n) is 5.21. The number of rotatable bonds is 7. The van der Waals surface area contributed by atoms with Gasteiger partial charge in [-0.3, -0.25) is 0 Å². The summed E-state index contributed by atoms with van der Waals surface area (Å²) in [6, 6.07) is 5.19. The summed E-state index contributed by atoms with van der Waals surface area (Å²) in [4.78, 5) is 15.3. The molecule has 0 fully saturated rings. The molecule has 2 rings (SSSR count). The molecular formula is C15H20N2O3. The molecular weight excluding hydrogens is 256 g/mol. The molecule has 5 heteroatoms. The molecule has 1 heterocycles. The summed E-state index contributed by atoms with van der Waals surface area (Å²) in [7, 11) is 0. The van der Waals surface area contributed by atoms with Gasteiger partial charge in [-0.15, -0.1) is 0 Å². The van der Waals surface area contributed by atoms with Crippen molar-refractivity contribution in [2.24, 2.45) is 5.92 Å². The average Bonchev–Trinajstić information content (AvgIpc) is 2.81. The Bertz CT molecular complexity index is 590. The number of carboxylic acid groups (broad SMARTS) is 1. The Hall–Kier alpha value is -1.88. The van der Waals surface area contributed by atoms with Gasteiger partial charge >= 0.3 is 5.97 Å². The van der Waals surface area contributed by atoms with Crippen molar-refractivity contribution < 1.29 is 14.6 Å². The largest absolute Gasteiger partial charge is 0.478 e. The van der Waals surface area contributed by atoms with Crippen LogP contribution in [0.15, 0.2) is 24.5 Å². The lowest BCUT2D eigenvalue weighted by Crippen LogP contribution is -2.07. The van der Waals surface area contributed by atoms with Gasteiger partial charge in [0.15, 0.2) is 0 Å². The topological polar surface area (TPSA) is 64.4 Å². The SMILES string of the molecule is CC(C)CCOCCn1cnc2c(C(=O)O)cccc21. The molecule has 0 unspecified atom stereocenters. The zero-order chi connectivity index (χ0) is 14.5. The lowest BCUT2D eigenvalue weighted by Gasteiger charge is -2.07. The predicted octanol–water partition coefficient (Wildman–Crippen LogP) is 2.80. The predicted molar refractivity (Wildman–Crippen MR) is 77.0 cm³/mol. The molecule has 0 aliphatic rings. The van der Waals surface area contributed by atoms with Gasteiger partial charge in [0.05, 0.1) is 24.0 Å². The van der Waals surface area contributed by atoms with E-state index in [9.17, 15) is 4.79 Å². The highest BCUT2D eigenvalue weighted by atomic mass is 16.5. The Morgan fingerprint density at radius 3 is 2.90 bits per heavy atom. The first-order chi connectivity index (χ1) is 9.59. The molecule has 5 nitrogen and oxygen atoms in total. The minimum Gasteiger partial charge on any atom is -0.478 e. The van der Waals surface area contributed by atoms with E-state index < -0.39 is 5.97 Å². The minimum absolute atomic E-state index is 0.238. The number of para-hydroxylation sites is 1. The highest BCUT2D eigenvalue weighted by Gasteiger charge is 2.11. The Labute approximate surface area is 118 Å². The normalized spacial score (nSPS) is 11.3. The fourth-order valence-electron chi connectivity index (χ4n) is 2.02. The molecule has 1 aromatic carbocycles. The van der Waals surface area contributed by atoms with E-state index in [1.54, 1.807) is 18.5 Å². The van der Waals surface area contributed by atoms with Crippen molar-refractivity contribution in [3.05, 3.63) is 30.1 Å². The van der Waals surface area contributed by atoms with Crippen LogP contribution in [0, 0.1) is 5.92 Å². The fourth-order valence-corrected chi connectivity index (χ4v) is 2.02. The number of ether oxygens (including phenoxy) is 1. The second kappa shape index (κ2) is 6.52. The van der Waals surface area contributed by atoms with Crippen molar-refractivity contribution in [1.82, 2.24) is 9.55 Å². The van der Waals surface area contributed by atoms with Gasteiger partial charge in [0.2, 0.25) is 0 Å². The van der Waals surface area contributed by atoms with E-state index in [1.807, 2.05) is 10.6 Å². The fraction of sp³-hybridized carbons (Fsp3) is 0.467. The Kier molecular flexibility index (Phi) is 4.74. The zero-order valence-electron chi connectivity index (χ0n) is 11.9. The maximum Gasteiger partial charge on any atom is 0.337 e. The third-order valence-electron chi connectivity index (χ3n) is 3.20. The van der Waals surface area contributed by atoms with Gasteiger partial charge in [0.25, 0.3) is 0 Å². The van der Waals surface area contributed by atoms with Crippen LogP contribution in [-0.2, 0) is 11.3 Å². The maximum absolute atomic E-state index is 11.1. The van der Waals surface area contributed by atoms with Crippen molar-refractivity contribution in [3.63, 3.8) is 0 Å². The van der Waals surface area contributed by atoms with Crippen LogP contribution in [-0.4, -0.2) is 33.8 Å². The first kappa shape index (κ1) is 14.5. The molecule has 0 aliphatic heterocycles. The lowest BCUT2D eigenvalue weighted by molar-refractivity contribution is 0.0699. The van der Waals surface area contributed by atoms with Crippen molar-refractivity contribution >= 4 is 17.0 Å². The van der Waals surface area contributed by atoms with Crippen molar-refractivity contribution in [2.45, 2.75) is 26.8 Å². The van der Waals surface area contributed by atoms with Gasteiger partial charge in [-0.2, -0.15) is 0 Å². The quantitative estimate of drug-likeness (QED) is 0.790. The second-order valence-corrected chi connectivity index (χ2v) is 5.21. The van der Waals surface area contributed by atoms with Gasteiger partial charge in [0, 0.05) is 13.2 Å². The van der Waals surface area contributed by atoms with Crippen molar-refractivity contribution in [1.29, 1.82) is 0 Å². The molecule has 0 atom stereocenters. The van der Waals surface area contributed by atoms with Crippen LogP contribution in [0.1, 0.15) is 30.6 Å². The van der Waals surface area contributed by atoms with Crippen LogP contribution in [0.25, 0.3) is 11.0 Å². The highest BCUT2D eigenvalue weighted by molar-refractivity contribution is 6.00. The number of nitrogens with zero attached hydrogens (tertiary/aromatic N) is 2. The zero-order valence-corrected chi connectivity index (χ0v) is 11.9. The minimum atomic E-state index is -0.950. The number of benzene rings is 1. The molecule has 0 saturated carbocycles. The summed E-state index contributed by atoms with van der Waals surface area (Å²) < 4.78 is 7.51. The monoisotopic (exact) mass is 276 g/mol. The van der Waals surface area contributed by atoms with Crippen LogP contribution < -0.4 is 0 Å². The summed E-state index contributed by atoms with van der Waals surface area (Å²) in [5.74, 6) is -0.309. The number of carboxylic acids is 1. The first-order valence-electron chi connectivity index (χ1n) is 6.84. The van der Waals surface area contributed by atoms with E-state index >= 15 is 0 Å². The van der Waals surface area contributed by atoms with Gasteiger partial charge in [-0.05, 0) is 24.5 Å². The van der Waals surface area contributed by atoms with Crippen molar-refractivity contribution in [2.75, 3.05) is 13.2 Å². The number of carbonyl (C=O) groups is 1. The number of aromatic nitrogens is 2. The molecule has 2 aromatic rings. The Morgan fingerprint density at radius 2 is 2.20 bits per heavy atom. The van der Waals surface area contributed by atoms with E-state index in [2.05, 4.69) is 18.8 Å². The number of aromatic carboxylic acids is 1. The van der Waals surface area contributed by atoms with E-state index in [0.29, 0.717) is 24.6 Å². The number of hydrogen-bond donors (Lipinski definition) is 1. The van der Waals surface area contributed by atoms with Crippen molar-refractivity contribution in [3.8, 4) is 0 Å². The van der Waals surface area contributed by atoms with E-state index in [4.69, 9.17) is 9.84 Å². The molecule has 108 valence electrons. The summed E-state index contributed by atoms with van der Waals surface area (Å²) >= 11 is 0. The smallest absolute Gasteiger partial charge is 0.337 e. The average molecular weight is 276 g/mol. The highest BCUT2D eigenvalue weighted by Crippen LogP contribution is 2.17. The number of fused-ring (bicyclic) bond motifs is 1. The lowest BCUT2D eigenvalue weighted by atomic mass is 10.1. The van der Waals surface area contributed by atoms with Gasteiger partial charge in [-0.25, -0.2) is 9.78 Å². The first-order valence-corrected chi connectivity index (χ1v) is 6.84. The van der Waals surface area contributed by atoms with E-state index in [1.165, 1.54) is 0 Å². The molecule has 0 bridgehead atoms. The number of imidazole rings is 1. The third kappa shape index (κ3) is 3.36. The third-order valence-corrected chi connectivity index (χ3v) is 3.20. The molecule has 1 N–H and O–H groups in total. The van der Waals surface area contributed by atoms with E-state index in [0.717, 1.165) is 18.5 Å². The molecule has 0 aliphatic carbocycles. The molecule has 0 spiro atoms. The molecule has 20 heavy (non-hydrogen) atoms. The van der Waals surface area contributed by atoms with Gasteiger partial charge in [-0.1, -0.05) is 19.9 Å². The molecule has 0 amide bonds. The summed E-state index contributed by atoms with van der Waals surface area (Å²) in [6.07, 6.45) is 2.72. The van der Waals surface area contributed by atoms with Crippen LogP contribution in [0.2, 0.25) is 0 Å². The van der Waals surface area contributed by atoms with E-state index in [-0.39, 0.29) is 5.56 Å². The van der Waals surface area contributed by atoms with Crippen LogP contribution >= 0.6 is 0 Å². The summed E-state index contributed by atoms with van der Waals surface area (Å²) in [6.45, 7) is 6.37. The Balaban J connectivity index is 2.01. The molecule has 0 radical (unpaired) electrons. The number of hydrogen-bond acceptors (Lipinski definition) is 3. The summed E-state index contributed by atoms with van der Waals surface area (Å²) in [5.41, 5.74) is 1.60. The van der Waals surface area contributed by atoms with Crippen LogP contribution in [0.3, 0.4) is 0 Å². The maximum atomic E-state index is 11.1. The van der Waals surface area contributed by atoms with Gasteiger partial charge in [0.1, 0.15) is 5.52 Å². The molecule has 0 saturated heterocycles. The van der Waals surface area contributed by atoms with Crippen LogP contribution in [0.4, 0.5) is 0 Å². The standard InChI is InChI=1S/C15H20N2O3/c1-11(2)6-8-20-9-7-17-10-16-14-12(15(18)19)4-3-5-13(14)17/h3-5,10-11H,6-9H2,1-2H3,(H,18,19). The Morgan fingerprint density at radius 1 is 1.40 bits per heavy atom. The van der Waals surface area contributed by atoms with Crippen LogP contribution in [0.5, 0.6) is 0 Å². The summed E-state index contributed by atoms with van der Waals surface area (Å²) in [5, 5.41) is 9.12. The molecule has 1 aromatic heterocycles.